The highest BCUT2D eigenvalue weighted by molar-refractivity contribution is 5.77. The third-order valence-corrected chi connectivity index (χ3v) is 3.92. The van der Waals surface area contributed by atoms with E-state index in [1.54, 1.807) is 0 Å². The Kier molecular flexibility index (Phi) is 4.99. The first-order valence-electron chi connectivity index (χ1n) is 7.55. The standard InChI is InChI=1S/C16H25N3O/c1-4-5-8-15(20)18-10-6-7-14(12-18)16-17-9-11-19(16)13(2)3/h4-5,9,11,13-14H,6-8,10,12H2,1-3H3/b5-4+. The van der Waals surface area contributed by atoms with Crippen molar-refractivity contribution in [2.24, 2.45) is 0 Å². The van der Waals surface area contributed by atoms with Crippen LogP contribution < -0.4 is 0 Å². The third-order valence-electron chi connectivity index (χ3n) is 3.92. The molecule has 0 saturated carbocycles. The first-order chi connectivity index (χ1) is 9.63. The number of carbonyl (C=O) groups excluding carboxylic acids is 1. The topological polar surface area (TPSA) is 38.1 Å². The number of allylic oxidation sites excluding steroid dienone is 1. The lowest BCUT2D eigenvalue weighted by Crippen LogP contribution is -2.39. The van der Waals surface area contributed by atoms with Crippen molar-refractivity contribution in [3.05, 3.63) is 30.4 Å². The molecule has 1 fully saturated rings. The monoisotopic (exact) mass is 275 g/mol. The van der Waals surface area contributed by atoms with Gasteiger partial charge in [0.1, 0.15) is 5.82 Å². The van der Waals surface area contributed by atoms with Crippen LogP contribution in [-0.4, -0.2) is 33.4 Å². The fourth-order valence-electron chi connectivity index (χ4n) is 2.84. The van der Waals surface area contributed by atoms with Crippen LogP contribution in [0.3, 0.4) is 0 Å². The zero-order chi connectivity index (χ0) is 14.5. The maximum Gasteiger partial charge on any atom is 0.226 e. The fraction of sp³-hybridized carbons (Fsp3) is 0.625. The van der Waals surface area contributed by atoms with Crippen LogP contribution in [0.1, 0.15) is 57.8 Å². The van der Waals surface area contributed by atoms with Gasteiger partial charge in [0, 0.05) is 43.9 Å². The fourth-order valence-corrected chi connectivity index (χ4v) is 2.84. The van der Waals surface area contributed by atoms with Crippen molar-refractivity contribution in [1.29, 1.82) is 0 Å². The Bertz CT molecular complexity index is 476. The summed E-state index contributed by atoms with van der Waals surface area (Å²) in [5.74, 6) is 1.73. The molecule has 0 bridgehead atoms. The molecular formula is C16H25N3O. The number of aromatic nitrogens is 2. The number of amides is 1. The van der Waals surface area contributed by atoms with E-state index in [0.717, 1.165) is 31.8 Å². The Balaban J connectivity index is 2.06. The van der Waals surface area contributed by atoms with Gasteiger partial charge in [0.25, 0.3) is 0 Å². The van der Waals surface area contributed by atoms with Crippen molar-refractivity contribution < 1.29 is 4.79 Å². The Hall–Kier alpha value is -1.58. The maximum atomic E-state index is 12.1. The molecule has 1 saturated heterocycles. The minimum atomic E-state index is 0.232. The molecular weight excluding hydrogens is 250 g/mol. The first kappa shape index (κ1) is 14.8. The molecule has 1 atom stereocenters. The third kappa shape index (κ3) is 3.30. The van der Waals surface area contributed by atoms with Crippen molar-refractivity contribution in [1.82, 2.24) is 14.5 Å². The van der Waals surface area contributed by atoms with Crippen LogP contribution in [-0.2, 0) is 4.79 Å². The van der Waals surface area contributed by atoms with E-state index in [0.29, 0.717) is 18.4 Å². The van der Waals surface area contributed by atoms with Gasteiger partial charge in [-0.3, -0.25) is 4.79 Å². The van der Waals surface area contributed by atoms with Gasteiger partial charge < -0.3 is 9.47 Å². The van der Waals surface area contributed by atoms with E-state index in [1.807, 2.05) is 36.4 Å². The Morgan fingerprint density at radius 3 is 3.05 bits per heavy atom. The number of nitrogens with zero attached hydrogens (tertiary/aromatic N) is 3. The molecule has 4 heteroatoms. The van der Waals surface area contributed by atoms with Gasteiger partial charge >= 0.3 is 0 Å². The number of piperidine rings is 1. The molecule has 0 radical (unpaired) electrons. The van der Waals surface area contributed by atoms with Crippen LogP contribution in [0.25, 0.3) is 0 Å². The van der Waals surface area contributed by atoms with Crippen LogP contribution in [0.5, 0.6) is 0 Å². The summed E-state index contributed by atoms with van der Waals surface area (Å²) in [6, 6.07) is 0.418. The Morgan fingerprint density at radius 2 is 2.35 bits per heavy atom. The maximum absolute atomic E-state index is 12.1. The highest BCUT2D eigenvalue weighted by atomic mass is 16.2. The predicted octanol–water partition coefficient (Wildman–Crippen LogP) is 3.14. The van der Waals surface area contributed by atoms with Gasteiger partial charge in [-0.15, -0.1) is 0 Å². The molecule has 1 aromatic heterocycles. The second-order valence-corrected chi connectivity index (χ2v) is 5.74. The van der Waals surface area contributed by atoms with Crippen molar-refractivity contribution in [3.8, 4) is 0 Å². The smallest absolute Gasteiger partial charge is 0.226 e. The highest BCUT2D eigenvalue weighted by Crippen LogP contribution is 2.27. The number of likely N-dealkylation sites (tertiary alicyclic amines) is 1. The summed E-state index contributed by atoms with van der Waals surface area (Å²) in [5, 5.41) is 0. The van der Waals surface area contributed by atoms with Crippen molar-refractivity contribution in [3.63, 3.8) is 0 Å². The molecule has 110 valence electrons. The number of carbonyl (C=O) groups is 1. The molecule has 1 aliphatic heterocycles. The summed E-state index contributed by atoms with van der Waals surface area (Å²) in [4.78, 5) is 18.7. The van der Waals surface area contributed by atoms with Gasteiger partial charge in [0.05, 0.1) is 0 Å². The van der Waals surface area contributed by atoms with E-state index in [2.05, 4.69) is 23.4 Å². The summed E-state index contributed by atoms with van der Waals surface area (Å²) >= 11 is 0. The lowest BCUT2D eigenvalue weighted by molar-refractivity contribution is -0.131. The van der Waals surface area contributed by atoms with Gasteiger partial charge in [0.15, 0.2) is 0 Å². The van der Waals surface area contributed by atoms with E-state index >= 15 is 0 Å². The minimum absolute atomic E-state index is 0.232. The molecule has 20 heavy (non-hydrogen) atoms. The highest BCUT2D eigenvalue weighted by Gasteiger charge is 2.27. The van der Waals surface area contributed by atoms with Crippen LogP contribution >= 0.6 is 0 Å². The Labute approximate surface area is 121 Å². The molecule has 0 aromatic carbocycles. The first-order valence-corrected chi connectivity index (χ1v) is 7.55. The molecule has 4 nitrogen and oxygen atoms in total. The summed E-state index contributed by atoms with van der Waals surface area (Å²) in [6.45, 7) is 7.98. The zero-order valence-electron chi connectivity index (χ0n) is 12.7. The zero-order valence-corrected chi connectivity index (χ0v) is 12.7. The summed E-state index contributed by atoms with van der Waals surface area (Å²) in [6.07, 6.45) is 10.5. The van der Waals surface area contributed by atoms with E-state index in [-0.39, 0.29) is 5.91 Å². The minimum Gasteiger partial charge on any atom is -0.342 e. The van der Waals surface area contributed by atoms with Gasteiger partial charge in [0.2, 0.25) is 5.91 Å². The average Bonchev–Trinajstić information content (AvgIpc) is 2.94. The summed E-state index contributed by atoms with van der Waals surface area (Å²) in [7, 11) is 0. The molecule has 1 amide bonds. The van der Waals surface area contributed by atoms with Gasteiger partial charge in [-0.25, -0.2) is 4.98 Å². The van der Waals surface area contributed by atoms with Crippen molar-refractivity contribution in [2.75, 3.05) is 13.1 Å². The van der Waals surface area contributed by atoms with Crippen molar-refractivity contribution >= 4 is 5.91 Å². The van der Waals surface area contributed by atoms with E-state index in [9.17, 15) is 4.79 Å². The normalized spacial score (nSPS) is 20.0. The molecule has 0 spiro atoms. The van der Waals surface area contributed by atoms with Gasteiger partial charge in [-0.2, -0.15) is 0 Å². The molecule has 1 aromatic rings. The second kappa shape index (κ2) is 6.73. The number of hydrogen-bond acceptors (Lipinski definition) is 2. The SMILES string of the molecule is C/C=C/CC(=O)N1CCCC(c2nccn2C(C)C)C1. The van der Waals surface area contributed by atoms with Gasteiger partial charge in [-0.05, 0) is 33.6 Å². The van der Waals surface area contributed by atoms with E-state index in [1.165, 1.54) is 0 Å². The van der Waals surface area contributed by atoms with E-state index < -0.39 is 0 Å². The predicted molar refractivity (Wildman–Crippen MR) is 80.6 cm³/mol. The lowest BCUT2D eigenvalue weighted by Gasteiger charge is -2.33. The van der Waals surface area contributed by atoms with Crippen LogP contribution in [0, 0.1) is 0 Å². The van der Waals surface area contributed by atoms with Crippen LogP contribution in [0.4, 0.5) is 0 Å². The molecule has 2 rings (SSSR count). The molecule has 0 aliphatic carbocycles. The lowest BCUT2D eigenvalue weighted by atomic mass is 9.96. The number of rotatable bonds is 4. The summed E-state index contributed by atoms with van der Waals surface area (Å²) < 4.78 is 2.23. The number of imidazole rings is 1. The van der Waals surface area contributed by atoms with Crippen LogP contribution in [0.15, 0.2) is 24.5 Å². The van der Waals surface area contributed by atoms with Crippen molar-refractivity contribution in [2.45, 2.75) is 52.0 Å². The molecule has 1 unspecified atom stereocenters. The largest absolute Gasteiger partial charge is 0.342 e. The Morgan fingerprint density at radius 1 is 1.55 bits per heavy atom. The summed E-state index contributed by atoms with van der Waals surface area (Å²) in [5.41, 5.74) is 0. The number of hydrogen-bond donors (Lipinski definition) is 0. The average molecular weight is 275 g/mol. The molecule has 2 heterocycles. The second-order valence-electron chi connectivity index (χ2n) is 5.74. The molecule has 0 N–H and O–H groups in total. The quantitative estimate of drug-likeness (QED) is 0.792. The van der Waals surface area contributed by atoms with Crippen LogP contribution in [0.2, 0.25) is 0 Å². The van der Waals surface area contributed by atoms with Gasteiger partial charge in [-0.1, -0.05) is 12.2 Å². The molecule has 1 aliphatic rings. The van der Waals surface area contributed by atoms with E-state index in [4.69, 9.17) is 0 Å².